The molecule has 0 bridgehead atoms. The minimum absolute atomic E-state index is 0.0743. The maximum absolute atomic E-state index is 13.7. The average Bonchev–Trinajstić information content (AvgIpc) is 2.36. The number of halogens is 1. The maximum Gasteiger partial charge on any atom is 0.126 e. The molecule has 0 spiro atoms. The SMILES string of the molecule is Cc1cc(C)c(NC(C)c2ccc(C)c(F)c2)c(C)c1. The van der Waals surface area contributed by atoms with Crippen molar-refractivity contribution in [1.29, 1.82) is 0 Å². The Morgan fingerprint density at radius 3 is 2.05 bits per heavy atom. The van der Waals surface area contributed by atoms with Gasteiger partial charge in [-0.15, -0.1) is 0 Å². The molecular formula is C18H22FN. The van der Waals surface area contributed by atoms with Gasteiger partial charge in [-0.05, 0) is 62.9 Å². The van der Waals surface area contributed by atoms with E-state index in [0.717, 1.165) is 11.3 Å². The molecule has 2 rings (SSSR count). The third kappa shape index (κ3) is 3.01. The number of hydrogen-bond donors (Lipinski definition) is 1. The van der Waals surface area contributed by atoms with Crippen molar-refractivity contribution in [3.8, 4) is 0 Å². The summed E-state index contributed by atoms with van der Waals surface area (Å²) in [4.78, 5) is 0. The van der Waals surface area contributed by atoms with Gasteiger partial charge >= 0.3 is 0 Å². The van der Waals surface area contributed by atoms with E-state index in [1.807, 2.05) is 12.1 Å². The molecule has 0 amide bonds. The van der Waals surface area contributed by atoms with Crippen LogP contribution in [0.15, 0.2) is 30.3 Å². The van der Waals surface area contributed by atoms with Crippen molar-refractivity contribution in [2.45, 2.75) is 40.7 Å². The van der Waals surface area contributed by atoms with Crippen LogP contribution in [0.5, 0.6) is 0 Å². The van der Waals surface area contributed by atoms with Crippen LogP contribution in [0.25, 0.3) is 0 Å². The molecule has 1 unspecified atom stereocenters. The van der Waals surface area contributed by atoms with Crippen LogP contribution in [-0.4, -0.2) is 0 Å². The number of benzene rings is 2. The lowest BCUT2D eigenvalue weighted by Crippen LogP contribution is -2.09. The monoisotopic (exact) mass is 271 g/mol. The molecule has 1 N–H and O–H groups in total. The molecule has 0 radical (unpaired) electrons. The van der Waals surface area contributed by atoms with Crippen LogP contribution in [0.1, 0.15) is 40.8 Å². The van der Waals surface area contributed by atoms with Crippen LogP contribution in [-0.2, 0) is 0 Å². The second-order valence-corrected chi connectivity index (χ2v) is 5.65. The Labute approximate surface area is 120 Å². The van der Waals surface area contributed by atoms with Crippen LogP contribution in [0.3, 0.4) is 0 Å². The van der Waals surface area contributed by atoms with Crippen molar-refractivity contribution in [3.05, 3.63) is 64.0 Å². The van der Waals surface area contributed by atoms with Crippen LogP contribution in [0.4, 0.5) is 10.1 Å². The van der Waals surface area contributed by atoms with E-state index in [0.29, 0.717) is 5.56 Å². The number of rotatable bonds is 3. The summed E-state index contributed by atoms with van der Waals surface area (Å²) in [7, 11) is 0. The molecule has 0 fully saturated rings. The fraction of sp³-hybridized carbons (Fsp3) is 0.333. The predicted molar refractivity (Wildman–Crippen MR) is 83.8 cm³/mol. The fourth-order valence-corrected chi connectivity index (χ4v) is 2.59. The highest BCUT2D eigenvalue weighted by Gasteiger charge is 2.11. The molecule has 0 saturated heterocycles. The van der Waals surface area contributed by atoms with Crippen molar-refractivity contribution in [2.75, 3.05) is 5.32 Å². The Hall–Kier alpha value is -1.83. The van der Waals surface area contributed by atoms with Gasteiger partial charge in [0, 0.05) is 11.7 Å². The zero-order valence-electron chi connectivity index (χ0n) is 12.8. The molecule has 0 aliphatic rings. The van der Waals surface area contributed by atoms with Crippen molar-refractivity contribution < 1.29 is 4.39 Å². The van der Waals surface area contributed by atoms with Crippen LogP contribution in [0.2, 0.25) is 0 Å². The summed E-state index contributed by atoms with van der Waals surface area (Å²) in [5, 5.41) is 3.50. The average molecular weight is 271 g/mol. The summed E-state index contributed by atoms with van der Waals surface area (Å²) in [6, 6.07) is 9.83. The molecule has 0 saturated carbocycles. The summed E-state index contributed by atoms with van der Waals surface area (Å²) in [5.74, 6) is -0.145. The Morgan fingerprint density at radius 1 is 0.900 bits per heavy atom. The number of nitrogens with one attached hydrogen (secondary N) is 1. The van der Waals surface area contributed by atoms with E-state index < -0.39 is 0 Å². The first-order chi connectivity index (χ1) is 9.38. The summed E-state index contributed by atoms with van der Waals surface area (Å²) < 4.78 is 13.7. The lowest BCUT2D eigenvalue weighted by Gasteiger charge is -2.20. The highest BCUT2D eigenvalue weighted by molar-refractivity contribution is 5.59. The van der Waals surface area contributed by atoms with Gasteiger partial charge < -0.3 is 5.32 Å². The maximum atomic E-state index is 13.7. The third-order valence-electron chi connectivity index (χ3n) is 3.73. The van der Waals surface area contributed by atoms with Gasteiger partial charge in [-0.25, -0.2) is 4.39 Å². The topological polar surface area (TPSA) is 12.0 Å². The Bertz CT molecular complexity index is 608. The van der Waals surface area contributed by atoms with Crippen molar-refractivity contribution in [3.63, 3.8) is 0 Å². The summed E-state index contributed by atoms with van der Waals surface area (Å²) >= 11 is 0. The predicted octanol–water partition coefficient (Wildman–Crippen LogP) is 5.23. The van der Waals surface area contributed by atoms with E-state index in [9.17, 15) is 4.39 Å². The molecule has 106 valence electrons. The van der Waals surface area contributed by atoms with Gasteiger partial charge in [-0.2, -0.15) is 0 Å². The van der Waals surface area contributed by atoms with Crippen molar-refractivity contribution in [1.82, 2.24) is 0 Å². The van der Waals surface area contributed by atoms with Crippen molar-refractivity contribution in [2.24, 2.45) is 0 Å². The summed E-state index contributed by atoms with van der Waals surface area (Å²) in [6.45, 7) is 10.1. The molecule has 0 heterocycles. The number of anilines is 1. The molecular weight excluding hydrogens is 249 g/mol. The molecule has 2 aromatic carbocycles. The van der Waals surface area contributed by atoms with Gasteiger partial charge in [0.1, 0.15) is 5.82 Å². The molecule has 0 aromatic heterocycles. The van der Waals surface area contributed by atoms with E-state index in [-0.39, 0.29) is 11.9 Å². The molecule has 20 heavy (non-hydrogen) atoms. The standard InChI is InChI=1S/C18H22FN/c1-11-8-13(3)18(14(4)9-11)20-15(5)16-7-6-12(2)17(19)10-16/h6-10,15,20H,1-5H3. The first-order valence-corrected chi connectivity index (χ1v) is 6.99. The first-order valence-electron chi connectivity index (χ1n) is 6.99. The van der Waals surface area contributed by atoms with Gasteiger partial charge in [0.25, 0.3) is 0 Å². The molecule has 0 aliphatic heterocycles. The lowest BCUT2D eigenvalue weighted by atomic mass is 10.0. The molecule has 2 aromatic rings. The Morgan fingerprint density at radius 2 is 1.50 bits per heavy atom. The van der Waals surface area contributed by atoms with Crippen LogP contribution < -0.4 is 5.32 Å². The molecule has 0 aliphatic carbocycles. The zero-order chi connectivity index (χ0) is 14.9. The smallest absolute Gasteiger partial charge is 0.126 e. The first kappa shape index (κ1) is 14.6. The Balaban J connectivity index is 2.27. The quantitative estimate of drug-likeness (QED) is 0.805. The number of aryl methyl sites for hydroxylation is 4. The van der Waals surface area contributed by atoms with Crippen LogP contribution in [0, 0.1) is 33.5 Å². The fourth-order valence-electron chi connectivity index (χ4n) is 2.59. The highest BCUT2D eigenvalue weighted by atomic mass is 19.1. The molecule has 1 atom stereocenters. The minimum Gasteiger partial charge on any atom is -0.378 e. The number of hydrogen-bond acceptors (Lipinski definition) is 1. The van der Waals surface area contributed by atoms with E-state index >= 15 is 0 Å². The summed E-state index contributed by atoms with van der Waals surface area (Å²) in [5.41, 5.74) is 6.50. The zero-order valence-corrected chi connectivity index (χ0v) is 12.8. The molecule has 1 nitrogen and oxygen atoms in total. The highest BCUT2D eigenvalue weighted by Crippen LogP contribution is 2.27. The van der Waals surface area contributed by atoms with Crippen LogP contribution >= 0.6 is 0 Å². The summed E-state index contributed by atoms with van der Waals surface area (Å²) in [6.07, 6.45) is 0. The third-order valence-corrected chi connectivity index (χ3v) is 3.73. The van der Waals surface area contributed by atoms with E-state index in [4.69, 9.17) is 0 Å². The van der Waals surface area contributed by atoms with Gasteiger partial charge in [-0.3, -0.25) is 0 Å². The van der Waals surface area contributed by atoms with E-state index in [1.54, 1.807) is 13.0 Å². The second-order valence-electron chi connectivity index (χ2n) is 5.65. The lowest BCUT2D eigenvalue weighted by molar-refractivity contribution is 0.614. The second kappa shape index (κ2) is 5.66. The van der Waals surface area contributed by atoms with Gasteiger partial charge in [0.05, 0.1) is 0 Å². The normalized spacial score (nSPS) is 12.3. The molecule has 2 heteroatoms. The minimum atomic E-state index is -0.145. The Kier molecular flexibility index (Phi) is 4.12. The van der Waals surface area contributed by atoms with Crippen molar-refractivity contribution >= 4 is 5.69 Å². The van der Waals surface area contributed by atoms with E-state index in [1.165, 1.54) is 16.7 Å². The van der Waals surface area contributed by atoms with Gasteiger partial charge in [-0.1, -0.05) is 29.8 Å². The van der Waals surface area contributed by atoms with Gasteiger partial charge in [0.2, 0.25) is 0 Å². The van der Waals surface area contributed by atoms with E-state index in [2.05, 4.69) is 45.1 Å². The van der Waals surface area contributed by atoms with Gasteiger partial charge in [0.15, 0.2) is 0 Å². The largest absolute Gasteiger partial charge is 0.378 e.